The van der Waals surface area contributed by atoms with Crippen molar-refractivity contribution in [2.24, 2.45) is 17.8 Å². The molecule has 4 atom stereocenters. The van der Waals surface area contributed by atoms with Crippen LogP contribution in [0.5, 0.6) is 11.5 Å². The van der Waals surface area contributed by atoms with Crippen LogP contribution in [0.4, 0.5) is 0 Å². The van der Waals surface area contributed by atoms with Gasteiger partial charge in [0.1, 0.15) is 0 Å². The molecule has 1 fully saturated rings. The van der Waals surface area contributed by atoms with Crippen LogP contribution in [0.2, 0.25) is 0 Å². The van der Waals surface area contributed by atoms with Crippen LogP contribution in [0, 0.1) is 21.3 Å². The topological polar surface area (TPSA) is 117 Å². The lowest BCUT2D eigenvalue weighted by atomic mass is 9.68. The van der Waals surface area contributed by atoms with Crippen LogP contribution in [0.3, 0.4) is 0 Å². The Hall–Kier alpha value is -2.73. The lowest BCUT2D eigenvalue weighted by Gasteiger charge is -2.36. The highest BCUT2D eigenvalue weighted by Gasteiger charge is 2.54. The number of likely N-dealkylation sites (tertiary alicyclic amines) is 1. The second-order valence-corrected chi connectivity index (χ2v) is 11.8. The lowest BCUT2D eigenvalue weighted by molar-refractivity contribution is -0.140. The number of allylic oxidation sites excluding steroid dienone is 1. The van der Waals surface area contributed by atoms with E-state index in [-0.39, 0.29) is 30.8 Å². The number of carbonyl (C=O) groups is 2. The fourth-order valence-electron chi connectivity index (χ4n) is 6.21. The molecule has 8 nitrogen and oxygen atoms in total. The third-order valence-electron chi connectivity index (χ3n) is 8.04. The highest BCUT2D eigenvalue weighted by atomic mass is 127. The maximum atomic E-state index is 13.3. The van der Waals surface area contributed by atoms with Crippen molar-refractivity contribution < 1.29 is 34.4 Å². The van der Waals surface area contributed by atoms with E-state index in [0.717, 1.165) is 22.3 Å². The van der Waals surface area contributed by atoms with Crippen LogP contribution < -0.4 is 4.74 Å². The van der Waals surface area contributed by atoms with Gasteiger partial charge in [0.2, 0.25) is 11.8 Å². The first-order chi connectivity index (χ1) is 19.7. The van der Waals surface area contributed by atoms with Gasteiger partial charge in [-0.3, -0.25) is 14.5 Å². The Morgan fingerprint density at radius 2 is 1.90 bits per heavy atom. The third kappa shape index (κ3) is 6.53. The summed E-state index contributed by atoms with van der Waals surface area (Å²) in [4.78, 5) is 27.8. The number of imide groups is 1. The molecule has 0 radical (unpaired) electrons. The molecule has 0 saturated carbocycles. The molecule has 220 valence electrons. The fraction of sp³-hybridized carbons (Fsp3) is 0.438. The van der Waals surface area contributed by atoms with Crippen LogP contribution in [0.15, 0.2) is 53.6 Å². The number of hydrogen-bond acceptors (Lipinski definition) is 7. The van der Waals surface area contributed by atoms with Gasteiger partial charge in [-0.15, -0.1) is 0 Å². The van der Waals surface area contributed by atoms with Crippen LogP contribution in [0.1, 0.15) is 43.7 Å². The van der Waals surface area contributed by atoms with Crippen LogP contribution in [-0.2, 0) is 14.3 Å². The standard InChI is InChI=1S/C32H38INO7/c1-4-12-34-31(38)23-16-22(18-40-2)28(24(17-35)29(23)32(34)39)26(36)11-10-21(20-8-6-5-7-9-20)13-19-14-25(33)30(37)27(15-19)41-3/h5-9,13-15,23-24,26,29,35-37H,4,10-12,16-18H2,1-3H3/b21-13-/t23-,24+,26-,29-/m1/s1. The van der Waals surface area contributed by atoms with E-state index in [1.54, 1.807) is 13.2 Å². The Kier molecular flexibility index (Phi) is 10.6. The number of amides is 2. The summed E-state index contributed by atoms with van der Waals surface area (Å²) in [5.41, 5.74) is 4.20. The number of nitrogens with zero attached hydrogens (tertiary/aromatic N) is 1. The molecule has 41 heavy (non-hydrogen) atoms. The van der Waals surface area contributed by atoms with Gasteiger partial charge in [0.25, 0.3) is 0 Å². The smallest absolute Gasteiger partial charge is 0.233 e. The number of aliphatic hydroxyl groups is 2. The SMILES string of the molecule is CCCN1C(=O)[C@@H]2[C@@H](CC(COC)=C([C@H](O)CC/C(=C/c3cc(I)c(O)c(OC)c3)c3ccccc3)[C@@H]2CO)C1=O. The van der Waals surface area contributed by atoms with Crippen molar-refractivity contribution in [1.29, 1.82) is 0 Å². The number of ether oxygens (including phenoxy) is 2. The summed E-state index contributed by atoms with van der Waals surface area (Å²) in [6.45, 7) is 2.15. The number of phenols is 1. The van der Waals surface area contributed by atoms with E-state index in [9.17, 15) is 24.9 Å². The molecule has 2 aliphatic rings. The maximum Gasteiger partial charge on any atom is 0.233 e. The Morgan fingerprint density at radius 1 is 1.17 bits per heavy atom. The highest BCUT2D eigenvalue weighted by molar-refractivity contribution is 14.1. The zero-order valence-corrected chi connectivity index (χ0v) is 25.8. The molecule has 9 heteroatoms. The average molecular weight is 676 g/mol. The molecule has 1 aliphatic carbocycles. The number of aromatic hydroxyl groups is 1. The monoisotopic (exact) mass is 675 g/mol. The fourth-order valence-corrected chi connectivity index (χ4v) is 6.83. The largest absolute Gasteiger partial charge is 0.504 e. The van der Waals surface area contributed by atoms with E-state index in [2.05, 4.69) is 22.6 Å². The minimum atomic E-state index is -0.942. The van der Waals surface area contributed by atoms with E-state index < -0.39 is 23.9 Å². The Balaban J connectivity index is 1.66. The van der Waals surface area contributed by atoms with Crippen molar-refractivity contribution in [3.8, 4) is 11.5 Å². The summed E-state index contributed by atoms with van der Waals surface area (Å²) in [5, 5.41) is 32.4. The van der Waals surface area contributed by atoms with Crippen LogP contribution >= 0.6 is 22.6 Å². The van der Waals surface area contributed by atoms with E-state index in [4.69, 9.17) is 9.47 Å². The summed E-state index contributed by atoms with van der Waals surface area (Å²) in [6.07, 6.45) is 2.90. The molecule has 3 N–H and O–H groups in total. The Morgan fingerprint density at radius 3 is 2.54 bits per heavy atom. The van der Waals surface area contributed by atoms with Crippen LogP contribution in [-0.4, -0.2) is 72.1 Å². The normalized spacial score (nSPS) is 21.9. The zero-order valence-electron chi connectivity index (χ0n) is 23.7. The van der Waals surface area contributed by atoms with Gasteiger partial charge in [-0.1, -0.05) is 43.3 Å². The number of halogens is 1. The van der Waals surface area contributed by atoms with Crippen molar-refractivity contribution in [3.63, 3.8) is 0 Å². The maximum absolute atomic E-state index is 13.3. The van der Waals surface area contributed by atoms with Crippen molar-refractivity contribution in [2.75, 3.05) is 34.0 Å². The highest BCUT2D eigenvalue weighted by Crippen LogP contribution is 2.46. The summed E-state index contributed by atoms with van der Waals surface area (Å²) in [7, 11) is 3.07. The minimum Gasteiger partial charge on any atom is -0.504 e. The number of rotatable bonds is 12. The summed E-state index contributed by atoms with van der Waals surface area (Å²) < 4.78 is 11.5. The molecule has 4 rings (SSSR count). The number of aliphatic hydroxyl groups excluding tert-OH is 2. The molecule has 0 spiro atoms. The quantitative estimate of drug-likeness (QED) is 0.130. The Bertz CT molecular complexity index is 1320. The number of benzene rings is 2. The second kappa shape index (κ2) is 14.0. The lowest BCUT2D eigenvalue weighted by Crippen LogP contribution is -2.39. The van der Waals surface area contributed by atoms with E-state index >= 15 is 0 Å². The molecule has 1 saturated heterocycles. The van der Waals surface area contributed by atoms with Gasteiger partial charge in [-0.2, -0.15) is 0 Å². The van der Waals surface area contributed by atoms with Crippen molar-refractivity contribution >= 4 is 46.1 Å². The second-order valence-electron chi connectivity index (χ2n) is 10.6. The van der Waals surface area contributed by atoms with Gasteiger partial charge in [0.15, 0.2) is 11.5 Å². The predicted molar refractivity (Wildman–Crippen MR) is 165 cm³/mol. The number of phenolic OH excluding ortho intramolecular Hbond substituents is 1. The van der Waals surface area contributed by atoms with Gasteiger partial charge in [0.05, 0.1) is 41.8 Å². The number of carbonyl (C=O) groups excluding carboxylic acids is 2. The van der Waals surface area contributed by atoms with Crippen molar-refractivity contribution in [3.05, 3.63) is 68.3 Å². The molecular weight excluding hydrogens is 637 g/mol. The minimum absolute atomic E-state index is 0.0858. The Labute approximate surface area is 254 Å². The van der Waals surface area contributed by atoms with Crippen molar-refractivity contribution in [1.82, 2.24) is 4.90 Å². The zero-order chi connectivity index (χ0) is 29.7. The third-order valence-corrected chi connectivity index (χ3v) is 8.86. The van der Waals surface area contributed by atoms with Crippen LogP contribution in [0.25, 0.3) is 11.6 Å². The van der Waals surface area contributed by atoms with Gasteiger partial charge in [-0.05, 0) is 88.3 Å². The molecular formula is C32H38INO7. The molecule has 1 aliphatic heterocycles. The molecule has 0 unspecified atom stereocenters. The van der Waals surface area contributed by atoms with Gasteiger partial charge >= 0.3 is 0 Å². The molecule has 1 heterocycles. The first-order valence-corrected chi connectivity index (χ1v) is 15.0. The first-order valence-electron chi connectivity index (χ1n) is 13.9. The molecule has 2 aromatic rings. The molecule has 0 bridgehead atoms. The number of fused-ring (bicyclic) bond motifs is 1. The molecule has 2 aromatic carbocycles. The molecule has 0 aromatic heterocycles. The van der Waals surface area contributed by atoms with Crippen molar-refractivity contribution in [2.45, 2.75) is 38.7 Å². The summed E-state index contributed by atoms with van der Waals surface area (Å²) in [5.74, 6) is -1.88. The predicted octanol–water partition coefficient (Wildman–Crippen LogP) is 4.65. The van der Waals surface area contributed by atoms with Gasteiger partial charge in [-0.25, -0.2) is 0 Å². The van der Waals surface area contributed by atoms with E-state index in [1.807, 2.05) is 49.4 Å². The van der Waals surface area contributed by atoms with E-state index in [0.29, 0.717) is 47.1 Å². The summed E-state index contributed by atoms with van der Waals surface area (Å²) >= 11 is 2.06. The first kappa shape index (κ1) is 31.2. The molecule has 2 amide bonds. The number of hydrogen-bond donors (Lipinski definition) is 3. The van der Waals surface area contributed by atoms with E-state index in [1.165, 1.54) is 12.0 Å². The number of methoxy groups -OCH3 is 2. The van der Waals surface area contributed by atoms with Gasteiger partial charge in [0, 0.05) is 19.6 Å². The average Bonchev–Trinajstić information content (AvgIpc) is 3.21. The van der Waals surface area contributed by atoms with Gasteiger partial charge < -0.3 is 24.8 Å². The summed E-state index contributed by atoms with van der Waals surface area (Å²) in [6, 6.07) is 13.5.